The molecule has 0 amide bonds. The molecule has 2 aromatic heterocycles. The molecular weight excluding hydrogens is 408 g/mol. The Labute approximate surface area is 186 Å². The summed E-state index contributed by atoms with van der Waals surface area (Å²) in [6.45, 7) is 7.61. The van der Waals surface area contributed by atoms with Gasteiger partial charge in [0, 0.05) is 35.7 Å². The molecule has 0 N–H and O–H groups in total. The van der Waals surface area contributed by atoms with E-state index in [1.54, 1.807) is 20.0 Å². The summed E-state index contributed by atoms with van der Waals surface area (Å²) < 4.78 is 12.5. The fourth-order valence-corrected chi connectivity index (χ4v) is 4.65. The maximum absolute atomic E-state index is 13.0. The summed E-state index contributed by atoms with van der Waals surface area (Å²) in [5, 5.41) is 0.842. The number of esters is 2. The summed E-state index contributed by atoms with van der Waals surface area (Å²) in [6, 6.07) is 7.64. The number of para-hydroxylation sites is 1. The van der Waals surface area contributed by atoms with Crippen LogP contribution in [0, 0.1) is 19.3 Å². The number of carbonyl (C=O) groups excluding carboxylic acids is 3. The lowest BCUT2D eigenvalue weighted by molar-refractivity contribution is -0.171. The maximum atomic E-state index is 13.0. The van der Waals surface area contributed by atoms with Crippen LogP contribution >= 0.6 is 0 Å². The average Bonchev–Trinajstić information content (AvgIpc) is 3.37. The Bertz CT molecular complexity index is 1220. The molecule has 0 unspecified atom stereocenters. The van der Waals surface area contributed by atoms with E-state index in [0.717, 1.165) is 39.6 Å². The highest BCUT2D eigenvalue weighted by atomic mass is 16.6. The molecule has 0 spiro atoms. The second-order valence-electron chi connectivity index (χ2n) is 8.07. The lowest BCUT2D eigenvalue weighted by Gasteiger charge is -2.24. The third-order valence-corrected chi connectivity index (χ3v) is 6.25. The summed E-state index contributed by atoms with van der Waals surface area (Å²) in [4.78, 5) is 42.4. The first kappa shape index (κ1) is 21.7. The minimum Gasteiger partial charge on any atom is -0.465 e. The number of benzene rings is 1. The van der Waals surface area contributed by atoms with Crippen molar-refractivity contribution < 1.29 is 23.9 Å². The van der Waals surface area contributed by atoms with E-state index in [4.69, 9.17) is 14.5 Å². The van der Waals surface area contributed by atoms with Crippen molar-refractivity contribution in [3.63, 3.8) is 0 Å². The highest BCUT2D eigenvalue weighted by Crippen LogP contribution is 2.43. The third kappa shape index (κ3) is 3.20. The van der Waals surface area contributed by atoms with Crippen molar-refractivity contribution in [2.24, 2.45) is 5.41 Å². The molecule has 0 atom stereocenters. The van der Waals surface area contributed by atoms with Crippen molar-refractivity contribution in [1.29, 1.82) is 0 Å². The Morgan fingerprint density at radius 1 is 1.06 bits per heavy atom. The van der Waals surface area contributed by atoms with Gasteiger partial charge in [-0.3, -0.25) is 14.4 Å². The van der Waals surface area contributed by atoms with Crippen LogP contribution in [-0.2, 0) is 31.9 Å². The van der Waals surface area contributed by atoms with Crippen molar-refractivity contribution in [1.82, 2.24) is 9.55 Å². The van der Waals surface area contributed by atoms with Gasteiger partial charge in [0.1, 0.15) is 5.82 Å². The van der Waals surface area contributed by atoms with Crippen LogP contribution in [0.5, 0.6) is 0 Å². The highest BCUT2D eigenvalue weighted by Gasteiger charge is 2.54. The fourth-order valence-electron chi connectivity index (χ4n) is 4.65. The van der Waals surface area contributed by atoms with E-state index in [1.165, 1.54) is 0 Å². The van der Waals surface area contributed by atoms with E-state index in [-0.39, 0.29) is 26.1 Å². The summed E-state index contributed by atoms with van der Waals surface area (Å²) in [6.07, 6.45) is 3.01. The van der Waals surface area contributed by atoms with Gasteiger partial charge in [0.2, 0.25) is 0 Å². The number of ether oxygens (including phenoxy) is 2. The second kappa shape index (κ2) is 8.22. The summed E-state index contributed by atoms with van der Waals surface area (Å²) >= 11 is 0. The van der Waals surface area contributed by atoms with E-state index in [9.17, 15) is 14.4 Å². The van der Waals surface area contributed by atoms with Crippen LogP contribution in [0.15, 0.2) is 30.5 Å². The summed E-state index contributed by atoms with van der Waals surface area (Å²) in [5.41, 5.74) is 3.41. The normalized spacial score (nSPS) is 14.2. The van der Waals surface area contributed by atoms with Crippen molar-refractivity contribution in [2.45, 2.75) is 40.5 Å². The Morgan fingerprint density at radius 2 is 1.69 bits per heavy atom. The Balaban J connectivity index is 1.88. The molecule has 4 rings (SSSR count). The number of aromatic nitrogens is 2. The molecule has 0 saturated carbocycles. The van der Waals surface area contributed by atoms with E-state index in [0.29, 0.717) is 11.4 Å². The van der Waals surface area contributed by atoms with Crippen LogP contribution in [0.1, 0.15) is 46.6 Å². The van der Waals surface area contributed by atoms with Crippen LogP contribution in [0.2, 0.25) is 0 Å². The predicted octanol–water partition coefficient (Wildman–Crippen LogP) is 3.67. The molecule has 0 saturated heterocycles. The number of carbonyl (C=O) groups is 3. The standard InChI is InChI=1S/C25H26N2O5/c1-5-31-23(29)25(24(30)32-6-2)11-19-15(3)22(26-16(4)20(19)12-25)27-13-17(14-28)18-9-7-8-10-21(18)27/h7-10,13-14H,5-6,11-12H2,1-4H3. The van der Waals surface area contributed by atoms with Gasteiger partial charge in [-0.15, -0.1) is 0 Å². The number of pyridine rings is 1. The number of rotatable bonds is 6. The van der Waals surface area contributed by atoms with Gasteiger partial charge < -0.3 is 14.0 Å². The fraction of sp³-hybridized carbons (Fsp3) is 0.360. The number of aryl methyl sites for hydroxylation is 1. The first-order chi connectivity index (χ1) is 15.4. The zero-order valence-corrected chi connectivity index (χ0v) is 18.7. The Hall–Kier alpha value is -3.48. The van der Waals surface area contributed by atoms with E-state index in [2.05, 4.69) is 0 Å². The molecule has 1 aliphatic rings. The highest BCUT2D eigenvalue weighted by molar-refractivity contribution is 6.02. The van der Waals surface area contributed by atoms with Crippen LogP contribution in [0.25, 0.3) is 16.7 Å². The van der Waals surface area contributed by atoms with Gasteiger partial charge in [0.05, 0.1) is 18.7 Å². The SMILES string of the molecule is CCOC(=O)C1(C(=O)OCC)Cc2c(C)nc(-n3cc(C=O)c4ccccc43)c(C)c2C1. The smallest absolute Gasteiger partial charge is 0.324 e. The first-order valence-corrected chi connectivity index (χ1v) is 10.8. The molecule has 32 heavy (non-hydrogen) atoms. The van der Waals surface area contributed by atoms with Gasteiger partial charge in [-0.2, -0.15) is 0 Å². The van der Waals surface area contributed by atoms with E-state index in [1.807, 2.05) is 42.7 Å². The molecule has 3 aromatic rings. The zero-order chi connectivity index (χ0) is 23.0. The molecule has 7 heteroatoms. The van der Waals surface area contributed by atoms with Gasteiger partial charge in [0.15, 0.2) is 11.7 Å². The van der Waals surface area contributed by atoms with Crippen molar-refractivity contribution >= 4 is 29.1 Å². The molecule has 0 aliphatic heterocycles. The minimum absolute atomic E-state index is 0.182. The predicted molar refractivity (Wildman–Crippen MR) is 119 cm³/mol. The van der Waals surface area contributed by atoms with Gasteiger partial charge in [-0.25, -0.2) is 4.98 Å². The van der Waals surface area contributed by atoms with Crippen molar-refractivity contribution in [3.8, 4) is 5.82 Å². The summed E-state index contributed by atoms with van der Waals surface area (Å²) in [5.74, 6) is -0.455. The molecule has 1 aromatic carbocycles. The van der Waals surface area contributed by atoms with Crippen molar-refractivity contribution in [3.05, 3.63) is 58.4 Å². The van der Waals surface area contributed by atoms with Crippen molar-refractivity contribution in [2.75, 3.05) is 13.2 Å². The van der Waals surface area contributed by atoms with Gasteiger partial charge in [-0.1, -0.05) is 18.2 Å². The molecule has 0 radical (unpaired) electrons. The topological polar surface area (TPSA) is 87.5 Å². The minimum atomic E-state index is -1.41. The third-order valence-electron chi connectivity index (χ3n) is 6.25. The lowest BCUT2D eigenvalue weighted by atomic mass is 9.84. The van der Waals surface area contributed by atoms with Crippen LogP contribution in [0.4, 0.5) is 0 Å². The van der Waals surface area contributed by atoms with Crippen LogP contribution in [0.3, 0.4) is 0 Å². The number of fused-ring (bicyclic) bond motifs is 2. The largest absolute Gasteiger partial charge is 0.465 e. The molecule has 1 aliphatic carbocycles. The molecule has 7 nitrogen and oxygen atoms in total. The lowest BCUT2D eigenvalue weighted by Crippen LogP contribution is -2.43. The first-order valence-electron chi connectivity index (χ1n) is 10.8. The second-order valence-corrected chi connectivity index (χ2v) is 8.07. The maximum Gasteiger partial charge on any atom is 0.324 e. The Kier molecular flexibility index (Phi) is 5.59. The van der Waals surface area contributed by atoms with Gasteiger partial charge in [0.25, 0.3) is 0 Å². The quantitative estimate of drug-likeness (QED) is 0.334. The molecule has 2 heterocycles. The number of aldehydes is 1. The number of nitrogens with zero attached hydrogens (tertiary/aromatic N) is 2. The van der Waals surface area contributed by atoms with Gasteiger partial charge >= 0.3 is 11.9 Å². The Morgan fingerprint density at radius 3 is 2.31 bits per heavy atom. The van der Waals surface area contributed by atoms with Crippen LogP contribution in [-0.4, -0.2) is 41.0 Å². The molecule has 0 fully saturated rings. The molecular formula is C25H26N2O5. The van der Waals surface area contributed by atoms with E-state index < -0.39 is 17.4 Å². The van der Waals surface area contributed by atoms with Crippen LogP contribution < -0.4 is 0 Å². The number of hydrogen-bond acceptors (Lipinski definition) is 6. The molecule has 0 bridgehead atoms. The zero-order valence-electron chi connectivity index (χ0n) is 18.7. The number of hydrogen-bond donors (Lipinski definition) is 0. The van der Waals surface area contributed by atoms with E-state index >= 15 is 0 Å². The average molecular weight is 434 g/mol. The molecule has 166 valence electrons. The summed E-state index contributed by atoms with van der Waals surface area (Å²) in [7, 11) is 0. The van der Waals surface area contributed by atoms with Gasteiger partial charge in [-0.05, 0) is 50.5 Å². The monoisotopic (exact) mass is 434 g/mol.